The van der Waals surface area contributed by atoms with Crippen LogP contribution in [0.5, 0.6) is 5.75 Å². The summed E-state index contributed by atoms with van der Waals surface area (Å²) in [5.41, 5.74) is 2.18. The van der Waals surface area contributed by atoms with Crippen LogP contribution in [0.3, 0.4) is 0 Å². The molecule has 2 amide bonds. The van der Waals surface area contributed by atoms with Gasteiger partial charge in [0.2, 0.25) is 5.91 Å². The summed E-state index contributed by atoms with van der Waals surface area (Å²) in [6, 6.07) is 14.7. The van der Waals surface area contributed by atoms with Crippen molar-refractivity contribution in [2.75, 3.05) is 36.9 Å². The van der Waals surface area contributed by atoms with Gasteiger partial charge in [-0.25, -0.2) is 0 Å². The molecule has 1 saturated heterocycles. The Bertz CT molecular complexity index is 872. The van der Waals surface area contributed by atoms with Gasteiger partial charge in [0.1, 0.15) is 5.75 Å². The lowest BCUT2D eigenvalue weighted by molar-refractivity contribution is -0.114. The molecule has 1 aliphatic heterocycles. The van der Waals surface area contributed by atoms with E-state index in [1.807, 2.05) is 53.4 Å². The minimum Gasteiger partial charge on any atom is -0.493 e. The molecule has 3 rings (SSSR count). The van der Waals surface area contributed by atoms with Crippen molar-refractivity contribution in [2.24, 2.45) is 11.8 Å². The normalized spacial score (nSPS) is 14.4. The number of benzene rings is 2. The van der Waals surface area contributed by atoms with Crippen LogP contribution in [0.4, 0.5) is 11.4 Å². The van der Waals surface area contributed by atoms with Crippen LogP contribution < -0.4 is 15.4 Å². The van der Waals surface area contributed by atoms with E-state index in [1.54, 1.807) is 0 Å². The summed E-state index contributed by atoms with van der Waals surface area (Å²) in [5, 5.41) is 5.98. The number of hydrogen-bond donors (Lipinski definition) is 2. The molecule has 1 fully saturated rings. The monoisotopic (exact) mass is 423 g/mol. The molecular formula is C25H33N3O3. The van der Waals surface area contributed by atoms with Gasteiger partial charge in [-0.3, -0.25) is 9.59 Å². The van der Waals surface area contributed by atoms with E-state index in [0.29, 0.717) is 29.7 Å². The van der Waals surface area contributed by atoms with Crippen LogP contribution in [0, 0.1) is 11.8 Å². The maximum atomic E-state index is 12.6. The zero-order valence-electron chi connectivity index (χ0n) is 18.7. The van der Waals surface area contributed by atoms with Crippen molar-refractivity contribution in [1.29, 1.82) is 0 Å². The predicted octanol–water partition coefficient (Wildman–Crippen LogP) is 4.64. The molecule has 31 heavy (non-hydrogen) atoms. The highest BCUT2D eigenvalue weighted by Crippen LogP contribution is 2.20. The number of hydrogen-bond acceptors (Lipinski definition) is 4. The van der Waals surface area contributed by atoms with Crippen LogP contribution in [0.1, 0.15) is 44.0 Å². The van der Waals surface area contributed by atoms with E-state index in [4.69, 9.17) is 4.74 Å². The summed E-state index contributed by atoms with van der Waals surface area (Å²) in [4.78, 5) is 26.9. The van der Waals surface area contributed by atoms with Crippen LogP contribution in [0.25, 0.3) is 0 Å². The maximum absolute atomic E-state index is 12.6. The van der Waals surface area contributed by atoms with E-state index in [-0.39, 0.29) is 18.4 Å². The molecular weight excluding hydrogens is 390 g/mol. The molecule has 0 spiro atoms. The predicted molar refractivity (Wildman–Crippen MR) is 125 cm³/mol. The second kappa shape index (κ2) is 10.8. The highest BCUT2D eigenvalue weighted by Gasteiger charge is 2.21. The first-order valence-corrected chi connectivity index (χ1v) is 11.1. The fraction of sp³-hybridized carbons (Fsp3) is 0.440. The minimum atomic E-state index is -0.149. The first-order chi connectivity index (χ1) is 14.9. The number of carbonyl (C=O) groups is 2. The van der Waals surface area contributed by atoms with Crippen molar-refractivity contribution >= 4 is 23.2 Å². The topological polar surface area (TPSA) is 70.7 Å². The van der Waals surface area contributed by atoms with Gasteiger partial charge in [0.05, 0.1) is 13.2 Å². The molecule has 0 saturated carbocycles. The Kier molecular flexibility index (Phi) is 7.93. The summed E-state index contributed by atoms with van der Waals surface area (Å²) in [6.45, 7) is 8.83. The van der Waals surface area contributed by atoms with E-state index in [2.05, 4.69) is 31.4 Å². The van der Waals surface area contributed by atoms with Crippen molar-refractivity contribution in [1.82, 2.24) is 4.90 Å². The lowest BCUT2D eigenvalue weighted by Crippen LogP contribution is -2.37. The standard InChI is InChI=1S/C25H33N3O3/c1-18(2)17-31-23-6-4-5-22(15-23)27-24(29)16-26-21-9-7-20(8-10-21)25(30)28-13-11-19(3)12-14-28/h4-10,15,18-19,26H,11-14,16-17H2,1-3H3,(H,27,29). The van der Waals surface area contributed by atoms with E-state index >= 15 is 0 Å². The Morgan fingerprint density at radius 2 is 1.77 bits per heavy atom. The fourth-order valence-corrected chi connectivity index (χ4v) is 3.44. The number of nitrogens with zero attached hydrogens (tertiary/aromatic N) is 1. The quantitative estimate of drug-likeness (QED) is 0.649. The number of amides is 2. The molecule has 0 bridgehead atoms. The summed E-state index contributed by atoms with van der Waals surface area (Å²) in [6.07, 6.45) is 2.13. The average Bonchev–Trinajstić information content (AvgIpc) is 2.77. The lowest BCUT2D eigenvalue weighted by Gasteiger charge is -2.30. The molecule has 6 heteroatoms. The van der Waals surface area contributed by atoms with E-state index in [0.717, 1.165) is 37.4 Å². The van der Waals surface area contributed by atoms with Crippen LogP contribution in [0.15, 0.2) is 48.5 Å². The molecule has 0 aromatic heterocycles. The van der Waals surface area contributed by atoms with Crippen molar-refractivity contribution in [2.45, 2.75) is 33.6 Å². The Labute approximate surface area is 185 Å². The minimum absolute atomic E-state index is 0.0794. The second-order valence-corrected chi connectivity index (χ2v) is 8.69. The lowest BCUT2D eigenvalue weighted by atomic mass is 9.98. The Morgan fingerprint density at radius 1 is 1.06 bits per heavy atom. The Morgan fingerprint density at radius 3 is 2.45 bits per heavy atom. The van der Waals surface area contributed by atoms with Crippen LogP contribution in [-0.4, -0.2) is 43.0 Å². The number of anilines is 2. The average molecular weight is 424 g/mol. The number of likely N-dealkylation sites (tertiary alicyclic amines) is 1. The highest BCUT2D eigenvalue weighted by atomic mass is 16.5. The van der Waals surface area contributed by atoms with Gasteiger partial charge in [-0.15, -0.1) is 0 Å². The molecule has 0 aliphatic carbocycles. The summed E-state index contributed by atoms with van der Waals surface area (Å²) in [7, 11) is 0. The first-order valence-electron chi connectivity index (χ1n) is 11.1. The molecule has 0 radical (unpaired) electrons. The van der Waals surface area contributed by atoms with Gasteiger partial charge in [-0.05, 0) is 61.1 Å². The molecule has 0 atom stereocenters. The van der Waals surface area contributed by atoms with E-state index in [1.165, 1.54) is 0 Å². The van der Waals surface area contributed by atoms with Gasteiger partial charge in [0, 0.05) is 36.1 Å². The van der Waals surface area contributed by atoms with Gasteiger partial charge in [0.25, 0.3) is 5.91 Å². The summed E-state index contributed by atoms with van der Waals surface area (Å²) >= 11 is 0. The van der Waals surface area contributed by atoms with Crippen molar-refractivity contribution in [3.63, 3.8) is 0 Å². The first kappa shape index (κ1) is 22.7. The molecule has 166 valence electrons. The second-order valence-electron chi connectivity index (χ2n) is 8.69. The summed E-state index contributed by atoms with van der Waals surface area (Å²) in [5.74, 6) is 1.80. The van der Waals surface area contributed by atoms with Gasteiger partial charge in [-0.1, -0.05) is 26.8 Å². The third-order valence-corrected chi connectivity index (χ3v) is 5.36. The van der Waals surface area contributed by atoms with Crippen LogP contribution >= 0.6 is 0 Å². The third kappa shape index (κ3) is 7.02. The smallest absolute Gasteiger partial charge is 0.253 e. The number of rotatable bonds is 8. The van der Waals surface area contributed by atoms with Gasteiger partial charge in [0.15, 0.2) is 0 Å². The molecule has 6 nitrogen and oxygen atoms in total. The zero-order valence-corrected chi connectivity index (χ0v) is 18.7. The number of piperidine rings is 1. The van der Waals surface area contributed by atoms with Gasteiger partial charge < -0.3 is 20.3 Å². The van der Waals surface area contributed by atoms with Crippen LogP contribution in [-0.2, 0) is 4.79 Å². The van der Waals surface area contributed by atoms with Crippen molar-refractivity contribution in [3.05, 3.63) is 54.1 Å². The number of ether oxygens (including phenoxy) is 1. The molecule has 0 unspecified atom stereocenters. The largest absolute Gasteiger partial charge is 0.493 e. The molecule has 2 aromatic carbocycles. The maximum Gasteiger partial charge on any atom is 0.253 e. The molecule has 2 aromatic rings. The van der Waals surface area contributed by atoms with Crippen molar-refractivity contribution < 1.29 is 14.3 Å². The van der Waals surface area contributed by atoms with E-state index < -0.39 is 0 Å². The molecule has 2 N–H and O–H groups in total. The van der Waals surface area contributed by atoms with Crippen molar-refractivity contribution in [3.8, 4) is 5.75 Å². The number of carbonyl (C=O) groups excluding carboxylic acids is 2. The number of nitrogens with one attached hydrogen (secondary N) is 2. The SMILES string of the molecule is CC(C)COc1cccc(NC(=O)CNc2ccc(C(=O)N3CCC(C)CC3)cc2)c1. The van der Waals surface area contributed by atoms with Gasteiger partial charge in [-0.2, -0.15) is 0 Å². The van der Waals surface area contributed by atoms with Crippen LogP contribution in [0.2, 0.25) is 0 Å². The van der Waals surface area contributed by atoms with E-state index in [9.17, 15) is 9.59 Å². The third-order valence-electron chi connectivity index (χ3n) is 5.36. The summed E-state index contributed by atoms with van der Waals surface area (Å²) < 4.78 is 5.70. The fourth-order valence-electron chi connectivity index (χ4n) is 3.44. The molecule has 1 heterocycles. The zero-order chi connectivity index (χ0) is 22.2. The Hall–Kier alpha value is -3.02. The Balaban J connectivity index is 1.47. The molecule has 1 aliphatic rings. The van der Waals surface area contributed by atoms with Gasteiger partial charge >= 0.3 is 0 Å². The highest BCUT2D eigenvalue weighted by molar-refractivity contribution is 5.95.